The predicted molar refractivity (Wildman–Crippen MR) is 114 cm³/mol. The maximum atomic E-state index is 12.7. The Morgan fingerprint density at radius 1 is 1.44 bits per heavy atom. The molecule has 3 heterocycles. The summed E-state index contributed by atoms with van der Waals surface area (Å²) in [4.78, 5) is 52.5. The molecule has 0 aliphatic carbocycles. The molecule has 2 atom stereocenters. The summed E-state index contributed by atoms with van der Waals surface area (Å²) >= 11 is 2.30. The van der Waals surface area contributed by atoms with Crippen molar-refractivity contribution in [1.29, 1.82) is 0 Å². The van der Waals surface area contributed by atoms with E-state index >= 15 is 0 Å². The third-order valence-corrected chi connectivity index (χ3v) is 6.39. The van der Waals surface area contributed by atoms with Crippen LogP contribution in [0.5, 0.6) is 0 Å². The molecular formula is C17H18N6O7S2. The molecule has 0 saturated carbocycles. The van der Waals surface area contributed by atoms with Crippen LogP contribution < -0.4 is 16.8 Å². The number of allylic oxidation sites excluding steroid dienone is 1. The van der Waals surface area contributed by atoms with Gasteiger partial charge in [0.05, 0.1) is 6.61 Å². The Morgan fingerprint density at radius 3 is 2.78 bits per heavy atom. The van der Waals surface area contributed by atoms with Crippen molar-refractivity contribution >= 4 is 57.8 Å². The summed E-state index contributed by atoms with van der Waals surface area (Å²) in [6, 6.07) is -1.01. The van der Waals surface area contributed by atoms with Gasteiger partial charge >= 0.3 is 12.1 Å². The fraction of sp³-hybridized carbons (Fsp3) is 0.294. The summed E-state index contributed by atoms with van der Waals surface area (Å²) < 4.78 is 4.59. The van der Waals surface area contributed by atoms with Gasteiger partial charge in [0.2, 0.25) is 0 Å². The molecule has 2 aliphatic heterocycles. The topological polar surface area (TPSA) is 211 Å². The SMILES string of the molecule is NC(=O)OCC/C=C/C1=C(C(=O)O)N2C(=O)[C@@H](NC(=O)C(=NO)c3csc(N)n3)[C@H]2SC1. The van der Waals surface area contributed by atoms with Gasteiger partial charge in [-0.25, -0.2) is 14.6 Å². The maximum absolute atomic E-state index is 12.7. The standard InChI is InChI=1S/C17H18N6O7S2/c18-16-20-8(6-32-16)9(22-29)12(24)21-10-13(25)23-11(15(26)27)7(5-31-14(10)23)3-1-2-4-30-17(19)28/h1,3,6,10,14,29H,2,4-5H2,(H2,18,20)(H2,19,28)(H,21,24)(H,26,27)/b3-1+,22-9?/t10-,14-/m1/s1. The molecule has 13 nitrogen and oxygen atoms in total. The average Bonchev–Trinajstić information content (AvgIpc) is 3.17. The van der Waals surface area contributed by atoms with Gasteiger partial charge < -0.3 is 31.8 Å². The lowest BCUT2D eigenvalue weighted by Gasteiger charge is -2.49. The van der Waals surface area contributed by atoms with Gasteiger partial charge in [-0.05, 0) is 12.0 Å². The predicted octanol–water partition coefficient (Wildman–Crippen LogP) is -0.316. The molecule has 1 fully saturated rings. The number of hydrogen-bond acceptors (Lipinski definition) is 11. The number of hydrogen-bond donors (Lipinski definition) is 5. The zero-order chi connectivity index (χ0) is 23.4. The zero-order valence-corrected chi connectivity index (χ0v) is 17.9. The van der Waals surface area contributed by atoms with Gasteiger partial charge in [0.15, 0.2) is 10.8 Å². The molecule has 170 valence electrons. The summed E-state index contributed by atoms with van der Waals surface area (Å²) in [6.07, 6.45) is 2.55. The van der Waals surface area contributed by atoms with Crippen LogP contribution in [0.1, 0.15) is 12.1 Å². The van der Waals surface area contributed by atoms with Crippen LogP contribution in [-0.2, 0) is 19.1 Å². The number of nitrogens with zero attached hydrogens (tertiary/aromatic N) is 3. The molecule has 3 rings (SSSR count). The van der Waals surface area contributed by atoms with E-state index in [2.05, 4.69) is 20.2 Å². The van der Waals surface area contributed by atoms with Crippen molar-refractivity contribution in [3.05, 3.63) is 34.5 Å². The van der Waals surface area contributed by atoms with E-state index < -0.39 is 41.0 Å². The van der Waals surface area contributed by atoms with Crippen molar-refractivity contribution in [1.82, 2.24) is 15.2 Å². The van der Waals surface area contributed by atoms with Crippen LogP contribution in [0.25, 0.3) is 0 Å². The number of carbonyl (C=O) groups excluding carboxylic acids is 3. The molecule has 0 spiro atoms. The van der Waals surface area contributed by atoms with Crippen LogP contribution in [-0.4, -0.2) is 73.6 Å². The zero-order valence-electron chi connectivity index (χ0n) is 16.3. The number of β-lactam (4-membered cyclic amide) rings is 1. The highest BCUT2D eigenvalue weighted by Crippen LogP contribution is 2.40. The second kappa shape index (κ2) is 9.69. The molecule has 32 heavy (non-hydrogen) atoms. The molecule has 0 bridgehead atoms. The van der Waals surface area contributed by atoms with Crippen LogP contribution in [0, 0.1) is 0 Å². The van der Waals surface area contributed by atoms with E-state index in [0.717, 1.165) is 16.2 Å². The number of thiazole rings is 1. The summed E-state index contributed by atoms with van der Waals surface area (Å²) in [5.41, 5.74) is 10.2. The van der Waals surface area contributed by atoms with Crippen molar-refractivity contribution in [2.75, 3.05) is 18.1 Å². The van der Waals surface area contributed by atoms with Crippen LogP contribution in [0.3, 0.4) is 0 Å². The number of carboxylic acid groups (broad SMARTS) is 1. The molecule has 2 aliphatic rings. The molecule has 3 amide bonds. The van der Waals surface area contributed by atoms with Crippen LogP contribution in [0.4, 0.5) is 9.93 Å². The number of nitrogen functional groups attached to an aromatic ring is 1. The number of primary amides is 1. The molecule has 7 N–H and O–H groups in total. The number of fused-ring (bicyclic) bond motifs is 1. The average molecular weight is 483 g/mol. The summed E-state index contributed by atoms with van der Waals surface area (Å²) in [6.45, 7) is 0.0351. The second-order valence-corrected chi connectivity index (χ2v) is 8.41. The Balaban J connectivity index is 1.70. The van der Waals surface area contributed by atoms with E-state index in [1.807, 2.05) is 0 Å². The van der Waals surface area contributed by atoms with E-state index in [1.54, 1.807) is 12.2 Å². The Hall–Kier alpha value is -3.59. The third kappa shape index (κ3) is 4.67. The van der Waals surface area contributed by atoms with E-state index in [0.29, 0.717) is 12.0 Å². The van der Waals surface area contributed by atoms with Crippen molar-refractivity contribution in [3.8, 4) is 0 Å². The highest BCUT2D eigenvalue weighted by atomic mass is 32.2. The Kier molecular flexibility index (Phi) is 6.99. The Labute approximate surface area is 188 Å². The number of carboxylic acids is 1. The van der Waals surface area contributed by atoms with Gasteiger partial charge in [-0.2, -0.15) is 0 Å². The number of amides is 3. The maximum Gasteiger partial charge on any atom is 0.404 e. The number of ether oxygens (including phenoxy) is 1. The molecule has 1 aromatic heterocycles. The number of aliphatic carboxylic acids is 1. The molecule has 1 aromatic rings. The Bertz CT molecular complexity index is 1050. The second-order valence-electron chi connectivity index (χ2n) is 6.42. The fourth-order valence-corrected chi connectivity index (χ4v) is 4.91. The van der Waals surface area contributed by atoms with Gasteiger partial charge in [-0.15, -0.1) is 23.1 Å². The highest BCUT2D eigenvalue weighted by Gasteiger charge is 2.54. The summed E-state index contributed by atoms with van der Waals surface area (Å²) in [5, 5.41) is 25.2. The molecule has 1 saturated heterocycles. The molecule has 15 heteroatoms. The lowest BCUT2D eigenvalue weighted by atomic mass is 10.0. The first-order valence-electron chi connectivity index (χ1n) is 8.98. The minimum Gasteiger partial charge on any atom is -0.477 e. The lowest BCUT2D eigenvalue weighted by molar-refractivity contribution is -0.150. The van der Waals surface area contributed by atoms with Gasteiger partial charge in [0.1, 0.15) is 22.8 Å². The summed E-state index contributed by atoms with van der Waals surface area (Å²) in [5.74, 6) is -2.50. The van der Waals surface area contributed by atoms with Crippen LogP contribution in [0.2, 0.25) is 0 Å². The fourth-order valence-electron chi connectivity index (χ4n) is 3.04. The monoisotopic (exact) mass is 482 g/mol. The number of nitrogens with one attached hydrogen (secondary N) is 1. The number of carbonyl (C=O) groups is 4. The number of oxime groups is 1. The normalized spacial score (nSPS) is 20.7. The van der Waals surface area contributed by atoms with Gasteiger partial charge in [-0.3, -0.25) is 14.5 Å². The van der Waals surface area contributed by atoms with Crippen molar-refractivity contribution < 1.29 is 34.2 Å². The van der Waals surface area contributed by atoms with E-state index in [1.165, 1.54) is 17.1 Å². The molecule has 0 aromatic carbocycles. The van der Waals surface area contributed by atoms with Gasteiger partial charge in [-0.1, -0.05) is 17.3 Å². The first-order chi connectivity index (χ1) is 15.2. The minimum absolute atomic E-state index is 0.0351. The molecule has 0 unspecified atom stereocenters. The van der Waals surface area contributed by atoms with Crippen molar-refractivity contribution in [2.45, 2.75) is 17.8 Å². The van der Waals surface area contributed by atoms with Crippen molar-refractivity contribution in [3.63, 3.8) is 0 Å². The summed E-state index contributed by atoms with van der Waals surface area (Å²) in [7, 11) is 0. The Morgan fingerprint density at radius 2 is 2.19 bits per heavy atom. The number of aromatic nitrogens is 1. The molecule has 0 radical (unpaired) electrons. The van der Waals surface area contributed by atoms with E-state index in [9.17, 15) is 29.5 Å². The number of nitrogens with two attached hydrogens (primary N) is 2. The minimum atomic E-state index is -1.29. The first-order valence-corrected chi connectivity index (χ1v) is 10.9. The smallest absolute Gasteiger partial charge is 0.404 e. The van der Waals surface area contributed by atoms with E-state index in [-0.39, 0.29) is 28.9 Å². The number of rotatable bonds is 8. The number of anilines is 1. The highest BCUT2D eigenvalue weighted by molar-refractivity contribution is 8.00. The molecular weight excluding hydrogens is 464 g/mol. The largest absolute Gasteiger partial charge is 0.477 e. The van der Waals surface area contributed by atoms with E-state index in [4.69, 9.17) is 11.5 Å². The van der Waals surface area contributed by atoms with Crippen LogP contribution >= 0.6 is 23.1 Å². The number of thioether (sulfide) groups is 1. The lowest BCUT2D eigenvalue weighted by Crippen LogP contribution is -2.71. The van der Waals surface area contributed by atoms with Crippen molar-refractivity contribution in [2.24, 2.45) is 10.9 Å². The third-order valence-electron chi connectivity index (χ3n) is 4.41. The van der Waals surface area contributed by atoms with Gasteiger partial charge in [0.25, 0.3) is 11.8 Å². The van der Waals surface area contributed by atoms with Crippen LogP contribution in [0.15, 0.2) is 34.0 Å². The quantitative estimate of drug-likeness (QED) is 0.107. The first kappa shape index (κ1) is 23.1. The van der Waals surface area contributed by atoms with Gasteiger partial charge in [0, 0.05) is 11.1 Å².